The second-order valence-corrected chi connectivity index (χ2v) is 4.36. The van der Waals surface area contributed by atoms with Crippen molar-refractivity contribution in [2.24, 2.45) is 17.8 Å². The zero-order valence-electron chi connectivity index (χ0n) is 8.80. The van der Waals surface area contributed by atoms with Crippen molar-refractivity contribution in [2.75, 3.05) is 13.6 Å². The van der Waals surface area contributed by atoms with Gasteiger partial charge >= 0.3 is 0 Å². The Bertz CT molecular complexity index is 172. The molecule has 0 aromatic heterocycles. The van der Waals surface area contributed by atoms with Gasteiger partial charge < -0.3 is 5.32 Å². The largest absolute Gasteiger partial charge is 0.348 e. The van der Waals surface area contributed by atoms with Gasteiger partial charge in [-0.25, -0.2) is 0 Å². The molecule has 0 unspecified atom stereocenters. The third-order valence-corrected chi connectivity index (χ3v) is 3.11. The maximum absolute atomic E-state index is 2.45. The fourth-order valence-corrected chi connectivity index (χ4v) is 2.54. The molecule has 2 N–H and O–H groups in total. The summed E-state index contributed by atoms with van der Waals surface area (Å²) in [5.74, 6) is 2.55. The molecule has 1 nitrogen and oxygen atoms in total. The Hall–Kier alpha value is -0.300. The molecular formula is C11H22N+. The second kappa shape index (κ2) is 4.08. The average Bonchev–Trinajstić information content (AvgIpc) is 1.96. The number of quaternary nitrogens is 1. The van der Waals surface area contributed by atoms with E-state index in [1.165, 1.54) is 13.0 Å². The fourth-order valence-electron chi connectivity index (χ4n) is 2.54. The van der Waals surface area contributed by atoms with E-state index in [2.05, 4.69) is 39.2 Å². The molecule has 0 spiro atoms. The third-order valence-electron chi connectivity index (χ3n) is 3.11. The Morgan fingerprint density at radius 3 is 2.67 bits per heavy atom. The second-order valence-electron chi connectivity index (χ2n) is 4.36. The number of allylic oxidation sites excluding steroid dienone is 2. The summed E-state index contributed by atoms with van der Waals surface area (Å²) in [6.45, 7) is 8.29. The van der Waals surface area contributed by atoms with Crippen molar-refractivity contribution in [3.63, 3.8) is 0 Å². The zero-order valence-corrected chi connectivity index (χ0v) is 8.80. The molecule has 0 heterocycles. The van der Waals surface area contributed by atoms with Crippen LogP contribution in [-0.2, 0) is 0 Å². The average molecular weight is 168 g/mol. The van der Waals surface area contributed by atoms with Gasteiger partial charge in [0.1, 0.15) is 0 Å². The van der Waals surface area contributed by atoms with E-state index in [9.17, 15) is 0 Å². The summed E-state index contributed by atoms with van der Waals surface area (Å²) in [6.07, 6.45) is 3.76. The highest BCUT2D eigenvalue weighted by molar-refractivity contribution is 5.07. The van der Waals surface area contributed by atoms with Gasteiger partial charge in [0.25, 0.3) is 0 Å². The van der Waals surface area contributed by atoms with E-state index in [-0.39, 0.29) is 0 Å². The lowest BCUT2D eigenvalue weighted by molar-refractivity contribution is -0.635. The standard InChI is InChI=1S/C11H21N/c1-8-5-9(2)11(7-12-4)10(3)6-8/h5,9-12H,6-7H2,1-4H3/p+1/t9-,10-,11-/m0/s1. The minimum Gasteiger partial charge on any atom is -0.348 e. The van der Waals surface area contributed by atoms with Gasteiger partial charge in [-0.2, -0.15) is 0 Å². The van der Waals surface area contributed by atoms with Crippen molar-refractivity contribution in [3.8, 4) is 0 Å². The first-order chi connectivity index (χ1) is 5.65. The van der Waals surface area contributed by atoms with Crippen molar-refractivity contribution in [3.05, 3.63) is 11.6 Å². The molecule has 70 valence electrons. The van der Waals surface area contributed by atoms with Gasteiger partial charge in [-0.3, -0.25) is 0 Å². The highest BCUT2D eigenvalue weighted by Crippen LogP contribution is 2.32. The van der Waals surface area contributed by atoms with Crippen LogP contribution in [0.1, 0.15) is 27.2 Å². The molecule has 3 atom stereocenters. The minimum absolute atomic E-state index is 0.782. The molecule has 1 aliphatic carbocycles. The molecule has 0 aromatic carbocycles. The molecule has 1 rings (SSSR count). The van der Waals surface area contributed by atoms with Gasteiger partial charge in [-0.1, -0.05) is 25.5 Å². The quantitative estimate of drug-likeness (QED) is 0.601. The normalized spacial score (nSPS) is 36.3. The van der Waals surface area contributed by atoms with Crippen LogP contribution in [-0.4, -0.2) is 13.6 Å². The summed E-state index contributed by atoms with van der Waals surface area (Å²) in [7, 11) is 2.17. The predicted octanol–water partition coefficient (Wildman–Crippen LogP) is 1.42. The Balaban J connectivity index is 2.62. The molecule has 0 bridgehead atoms. The predicted molar refractivity (Wildman–Crippen MR) is 52.9 cm³/mol. The van der Waals surface area contributed by atoms with Gasteiger partial charge in [0.15, 0.2) is 0 Å². The molecule has 0 aromatic rings. The Morgan fingerprint density at radius 2 is 2.17 bits per heavy atom. The van der Waals surface area contributed by atoms with Crippen LogP contribution >= 0.6 is 0 Å². The molecule has 0 radical (unpaired) electrons. The molecule has 1 aliphatic rings. The first-order valence-corrected chi connectivity index (χ1v) is 5.10. The molecule has 0 saturated carbocycles. The van der Waals surface area contributed by atoms with Gasteiger partial charge in [-0.05, 0) is 25.2 Å². The Kier molecular flexibility index (Phi) is 3.33. The SMILES string of the molecule is C[NH2+]C[C@H]1[C@@H](C)C=C(C)C[C@@H]1C. The summed E-state index contributed by atoms with van der Waals surface area (Å²) >= 11 is 0. The van der Waals surface area contributed by atoms with Crippen molar-refractivity contribution < 1.29 is 5.32 Å². The van der Waals surface area contributed by atoms with Crippen LogP contribution < -0.4 is 5.32 Å². The van der Waals surface area contributed by atoms with E-state index in [1.54, 1.807) is 5.57 Å². The lowest BCUT2D eigenvalue weighted by Gasteiger charge is -2.31. The van der Waals surface area contributed by atoms with E-state index >= 15 is 0 Å². The summed E-state index contributed by atoms with van der Waals surface area (Å²) < 4.78 is 0. The number of nitrogens with two attached hydrogens (primary N) is 1. The van der Waals surface area contributed by atoms with E-state index in [0.717, 1.165) is 17.8 Å². The molecule has 12 heavy (non-hydrogen) atoms. The highest BCUT2D eigenvalue weighted by atomic mass is 14.8. The zero-order chi connectivity index (χ0) is 9.14. The topological polar surface area (TPSA) is 16.6 Å². The monoisotopic (exact) mass is 168 g/mol. The van der Waals surface area contributed by atoms with Gasteiger partial charge in [0, 0.05) is 5.92 Å². The number of hydrogen-bond donors (Lipinski definition) is 1. The third kappa shape index (κ3) is 2.10. The highest BCUT2D eigenvalue weighted by Gasteiger charge is 2.27. The van der Waals surface area contributed by atoms with E-state index in [4.69, 9.17) is 0 Å². The van der Waals surface area contributed by atoms with E-state index < -0.39 is 0 Å². The maximum Gasteiger partial charge on any atom is 0.0790 e. The smallest absolute Gasteiger partial charge is 0.0790 e. The number of hydrogen-bond acceptors (Lipinski definition) is 0. The minimum atomic E-state index is 0.782. The summed E-state index contributed by atoms with van der Waals surface area (Å²) in [5.41, 5.74) is 1.59. The van der Waals surface area contributed by atoms with Crippen LogP contribution in [0.2, 0.25) is 0 Å². The maximum atomic E-state index is 2.45. The molecule has 0 saturated heterocycles. The first-order valence-electron chi connectivity index (χ1n) is 5.10. The molecular weight excluding hydrogens is 146 g/mol. The van der Waals surface area contributed by atoms with Crippen molar-refractivity contribution >= 4 is 0 Å². The van der Waals surface area contributed by atoms with Gasteiger partial charge in [-0.15, -0.1) is 0 Å². The Labute approximate surface area is 76.2 Å². The van der Waals surface area contributed by atoms with Crippen LogP contribution in [0.25, 0.3) is 0 Å². The van der Waals surface area contributed by atoms with E-state index in [0.29, 0.717) is 0 Å². The molecule has 0 aliphatic heterocycles. The number of rotatable bonds is 2. The first kappa shape index (κ1) is 9.79. The summed E-state index contributed by atoms with van der Waals surface area (Å²) in [5, 5.41) is 2.31. The van der Waals surface area contributed by atoms with Crippen molar-refractivity contribution in [1.29, 1.82) is 0 Å². The lowest BCUT2D eigenvalue weighted by atomic mass is 9.75. The van der Waals surface area contributed by atoms with Crippen LogP contribution in [0.3, 0.4) is 0 Å². The Morgan fingerprint density at radius 1 is 1.50 bits per heavy atom. The van der Waals surface area contributed by atoms with Gasteiger partial charge in [0.05, 0.1) is 13.6 Å². The van der Waals surface area contributed by atoms with Crippen LogP contribution in [0, 0.1) is 17.8 Å². The van der Waals surface area contributed by atoms with Crippen molar-refractivity contribution in [1.82, 2.24) is 0 Å². The van der Waals surface area contributed by atoms with Gasteiger partial charge in [0.2, 0.25) is 0 Å². The molecule has 0 amide bonds. The van der Waals surface area contributed by atoms with Crippen LogP contribution in [0.15, 0.2) is 11.6 Å². The molecule has 1 heteroatoms. The fraction of sp³-hybridized carbons (Fsp3) is 0.818. The summed E-state index contributed by atoms with van der Waals surface area (Å²) in [6, 6.07) is 0. The van der Waals surface area contributed by atoms with Crippen molar-refractivity contribution in [2.45, 2.75) is 27.2 Å². The van der Waals surface area contributed by atoms with E-state index in [1.807, 2.05) is 0 Å². The van der Waals surface area contributed by atoms with Crippen LogP contribution in [0.4, 0.5) is 0 Å². The summed E-state index contributed by atoms with van der Waals surface area (Å²) in [4.78, 5) is 0. The molecule has 0 fully saturated rings. The van der Waals surface area contributed by atoms with Crippen LogP contribution in [0.5, 0.6) is 0 Å². The lowest BCUT2D eigenvalue weighted by Crippen LogP contribution is -2.82.